The lowest BCUT2D eigenvalue weighted by Crippen LogP contribution is -2.35. The number of aryl methyl sites for hydroxylation is 1. The van der Waals surface area contributed by atoms with Crippen LogP contribution in [-0.2, 0) is 11.8 Å². The summed E-state index contributed by atoms with van der Waals surface area (Å²) < 4.78 is 1.64. The molecule has 0 aliphatic carbocycles. The zero-order valence-corrected chi connectivity index (χ0v) is 11.6. The minimum atomic E-state index is 0.125. The third-order valence-electron chi connectivity index (χ3n) is 3.63. The van der Waals surface area contributed by atoms with Crippen LogP contribution in [0.25, 0.3) is 11.3 Å². The lowest BCUT2D eigenvalue weighted by molar-refractivity contribution is -0.126. The third kappa shape index (κ3) is 1.89. The first kappa shape index (κ1) is 12.5. The molecule has 2 aromatic rings. The number of rotatable bonds is 2. The van der Waals surface area contributed by atoms with E-state index >= 15 is 0 Å². The Hall–Kier alpha value is -2.50. The van der Waals surface area contributed by atoms with E-state index in [1.165, 1.54) is 0 Å². The van der Waals surface area contributed by atoms with Crippen molar-refractivity contribution >= 4 is 17.4 Å². The predicted octanol–water partition coefficient (Wildman–Crippen LogP) is 1.25. The van der Waals surface area contributed by atoms with Gasteiger partial charge in [-0.25, -0.2) is 0 Å². The van der Waals surface area contributed by atoms with Crippen LogP contribution in [0.2, 0.25) is 0 Å². The van der Waals surface area contributed by atoms with Crippen LogP contribution in [0.1, 0.15) is 6.42 Å². The van der Waals surface area contributed by atoms with Crippen molar-refractivity contribution in [3.8, 4) is 11.3 Å². The molecule has 2 heterocycles. The Morgan fingerprint density at radius 3 is 2.60 bits per heavy atom. The monoisotopic (exact) mass is 271 g/mol. The van der Waals surface area contributed by atoms with E-state index < -0.39 is 0 Å². The summed E-state index contributed by atoms with van der Waals surface area (Å²) in [6.07, 6.45) is 0.537. The second-order valence-corrected chi connectivity index (χ2v) is 4.89. The molecule has 1 fully saturated rings. The number of para-hydroxylation sites is 1. The van der Waals surface area contributed by atoms with Gasteiger partial charge >= 0.3 is 0 Å². The maximum absolute atomic E-state index is 11.7. The molecule has 0 saturated carbocycles. The molecule has 0 bridgehead atoms. The predicted molar refractivity (Wildman–Crippen MR) is 77.8 cm³/mol. The van der Waals surface area contributed by atoms with Crippen LogP contribution >= 0.6 is 0 Å². The number of nitrogens with two attached hydrogens (primary N) is 1. The molecule has 104 valence electrons. The lowest BCUT2D eigenvalue weighted by Gasteiger charge is -2.27. The van der Waals surface area contributed by atoms with Crippen LogP contribution in [0.4, 0.5) is 11.5 Å². The van der Waals surface area contributed by atoms with E-state index in [0.29, 0.717) is 18.8 Å². The molecule has 1 aliphatic rings. The van der Waals surface area contributed by atoms with Crippen molar-refractivity contribution in [2.75, 3.05) is 24.3 Å². The second kappa shape index (κ2) is 4.56. The van der Waals surface area contributed by atoms with Crippen molar-refractivity contribution in [3.63, 3.8) is 0 Å². The van der Waals surface area contributed by atoms with Gasteiger partial charge in [0.2, 0.25) is 5.91 Å². The van der Waals surface area contributed by atoms with Crippen molar-refractivity contribution in [2.45, 2.75) is 6.42 Å². The molecule has 1 amide bonds. The van der Waals surface area contributed by atoms with Gasteiger partial charge in [-0.1, -0.05) is 18.2 Å². The molecule has 2 N–H and O–H groups in total. The van der Waals surface area contributed by atoms with Crippen molar-refractivity contribution in [1.82, 2.24) is 14.8 Å². The Balaban J connectivity index is 2.07. The van der Waals surface area contributed by atoms with Gasteiger partial charge in [0, 0.05) is 38.7 Å². The molecule has 0 atom stereocenters. The molecular formula is C14H17N5O. The highest BCUT2D eigenvalue weighted by atomic mass is 16.2. The highest BCUT2D eigenvalue weighted by Crippen LogP contribution is 2.33. The Bertz CT molecular complexity index is 644. The van der Waals surface area contributed by atoms with E-state index in [2.05, 4.69) is 5.10 Å². The number of carbonyl (C=O) groups is 1. The minimum absolute atomic E-state index is 0.125. The van der Waals surface area contributed by atoms with E-state index in [-0.39, 0.29) is 5.91 Å². The summed E-state index contributed by atoms with van der Waals surface area (Å²) in [4.78, 5) is 11.7. The summed E-state index contributed by atoms with van der Waals surface area (Å²) in [5.74, 6) is 0.737. The number of hydrogen-bond donors (Lipinski definition) is 1. The van der Waals surface area contributed by atoms with Gasteiger partial charge in [0.1, 0.15) is 5.82 Å². The Morgan fingerprint density at radius 2 is 2.00 bits per heavy atom. The Labute approximate surface area is 117 Å². The molecule has 3 rings (SSSR count). The molecule has 0 radical (unpaired) electrons. The van der Waals surface area contributed by atoms with Gasteiger partial charge in [0.05, 0.1) is 11.4 Å². The molecular weight excluding hydrogens is 254 g/mol. The van der Waals surface area contributed by atoms with Crippen LogP contribution in [0.5, 0.6) is 0 Å². The van der Waals surface area contributed by atoms with Gasteiger partial charge in [-0.2, -0.15) is 5.10 Å². The highest BCUT2D eigenvalue weighted by molar-refractivity contribution is 5.85. The van der Waals surface area contributed by atoms with Crippen molar-refractivity contribution < 1.29 is 4.79 Å². The van der Waals surface area contributed by atoms with Crippen LogP contribution in [0, 0.1) is 0 Å². The molecule has 6 heteroatoms. The molecule has 20 heavy (non-hydrogen) atoms. The zero-order valence-electron chi connectivity index (χ0n) is 11.6. The molecule has 1 aromatic carbocycles. The average molecular weight is 271 g/mol. The Kier molecular flexibility index (Phi) is 2.85. The fourth-order valence-corrected chi connectivity index (χ4v) is 2.46. The highest BCUT2D eigenvalue weighted by Gasteiger charge is 2.27. The van der Waals surface area contributed by atoms with E-state index in [1.807, 2.05) is 42.4 Å². The van der Waals surface area contributed by atoms with Crippen LogP contribution in [-0.4, -0.2) is 34.3 Å². The number of carbonyl (C=O) groups excluding carboxylic acids is 1. The van der Waals surface area contributed by atoms with Crippen molar-refractivity contribution in [2.24, 2.45) is 7.05 Å². The van der Waals surface area contributed by atoms with Gasteiger partial charge < -0.3 is 5.73 Å². The van der Waals surface area contributed by atoms with Gasteiger partial charge in [-0.15, -0.1) is 0 Å². The second-order valence-electron chi connectivity index (χ2n) is 4.89. The number of nitrogens with zero attached hydrogens (tertiary/aromatic N) is 4. The number of hydrogen-bond acceptors (Lipinski definition) is 4. The quantitative estimate of drug-likeness (QED) is 0.892. The first-order valence-electron chi connectivity index (χ1n) is 6.51. The van der Waals surface area contributed by atoms with Crippen molar-refractivity contribution in [1.29, 1.82) is 0 Å². The van der Waals surface area contributed by atoms with Crippen LogP contribution in [0.15, 0.2) is 30.3 Å². The standard InChI is InChI=1S/C14H17N5O/c1-17-13(15)9-11(16-17)10-5-3-4-6-12(10)19-8-7-14(20)18(19)2/h3-6,9H,7-8,15H2,1-2H3. The lowest BCUT2D eigenvalue weighted by atomic mass is 10.1. The normalized spacial score (nSPS) is 15.2. The maximum Gasteiger partial charge on any atom is 0.242 e. The summed E-state index contributed by atoms with van der Waals surface area (Å²) in [6.45, 7) is 0.689. The fourth-order valence-electron chi connectivity index (χ4n) is 2.46. The number of hydrazine groups is 1. The van der Waals surface area contributed by atoms with Gasteiger partial charge in [0.25, 0.3) is 0 Å². The number of amides is 1. The summed E-state index contributed by atoms with van der Waals surface area (Å²) >= 11 is 0. The van der Waals surface area contributed by atoms with E-state index in [4.69, 9.17) is 5.73 Å². The SMILES string of the molecule is CN1C(=O)CCN1c1ccccc1-c1cc(N)n(C)n1. The molecule has 1 saturated heterocycles. The van der Waals surface area contributed by atoms with Crippen LogP contribution < -0.4 is 10.7 Å². The summed E-state index contributed by atoms with van der Waals surface area (Å²) in [7, 11) is 3.60. The Morgan fingerprint density at radius 1 is 1.25 bits per heavy atom. The average Bonchev–Trinajstić information content (AvgIpc) is 2.95. The minimum Gasteiger partial charge on any atom is -0.384 e. The largest absolute Gasteiger partial charge is 0.384 e. The smallest absolute Gasteiger partial charge is 0.242 e. The van der Waals surface area contributed by atoms with Crippen molar-refractivity contribution in [3.05, 3.63) is 30.3 Å². The number of aromatic nitrogens is 2. The van der Waals surface area contributed by atoms with Crippen LogP contribution in [0.3, 0.4) is 0 Å². The van der Waals surface area contributed by atoms with Gasteiger partial charge in [-0.05, 0) is 6.07 Å². The number of nitrogen functional groups attached to an aromatic ring is 1. The number of anilines is 2. The van der Waals surface area contributed by atoms with Gasteiger partial charge in [0.15, 0.2) is 0 Å². The van der Waals surface area contributed by atoms with Gasteiger partial charge in [-0.3, -0.25) is 19.5 Å². The fraction of sp³-hybridized carbons (Fsp3) is 0.286. The number of benzene rings is 1. The topological polar surface area (TPSA) is 67.4 Å². The first-order chi connectivity index (χ1) is 9.58. The molecule has 1 aliphatic heterocycles. The third-order valence-corrected chi connectivity index (χ3v) is 3.63. The zero-order chi connectivity index (χ0) is 14.3. The summed E-state index contributed by atoms with van der Waals surface area (Å²) in [5, 5.41) is 8.05. The first-order valence-corrected chi connectivity index (χ1v) is 6.51. The summed E-state index contributed by atoms with van der Waals surface area (Å²) in [5.41, 5.74) is 8.61. The maximum atomic E-state index is 11.7. The molecule has 0 spiro atoms. The molecule has 1 aromatic heterocycles. The van der Waals surface area contributed by atoms with E-state index in [9.17, 15) is 4.79 Å². The van der Waals surface area contributed by atoms with E-state index in [1.54, 1.807) is 16.7 Å². The molecule has 6 nitrogen and oxygen atoms in total. The molecule has 0 unspecified atom stereocenters. The summed E-state index contributed by atoms with van der Waals surface area (Å²) in [6, 6.07) is 9.75. The van der Waals surface area contributed by atoms with E-state index in [0.717, 1.165) is 16.9 Å².